The van der Waals surface area contributed by atoms with E-state index >= 15 is 0 Å². The maximum Gasteiger partial charge on any atom is 0.261 e. The summed E-state index contributed by atoms with van der Waals surface area (Å²) in [5.74, 6) is -4.52. The van der Waals surface area contributed by atoms with Gasteiger partial charge in [0.1, 0.15) is 23.0 Å². The van der Waals surface area contributed by atoms with Crippen LogP contribution in [0.1, 0.15) is 10.4 Å². The van der Waals surface area contributed by atoms with Gasteiger partial charge in [0.2, 0.25) is 0 Å². The Hall–Kier alpha value is -2.82. The number of fused-ring (bicyclic) bond motifs is 1. The summed E-state index contributed by atoms with van der Waals surface area (Å²) in [6, 6.07) is 13.4. The van der Waals surface area contributed by atoms with E-state index < -0.39 is 28.9 Å². The van der Waals surface area contributed by atoms with Gasteiger partial charge in [0.25, 0.3) is 5.91 Å². The van der Waals surface area contributed by atoms with Crippen molar-refractivity contribution >= 4 is 22.4 Å². The van der Waals surface area contributed by atoms with Crippen LogP contribution in [0.5, 0.6) is 0 Å². The van der Waals surface area contributed by atoms with Crippen molar-refractivity contribution in [1.82, 2.24) is 0 Å². The SMILES string of the molecule is O=C(Nc1cccc2ccccc12)c1c(F)cc(F)cc1F. The zero-order valence-corrected chi connectivity index (χ0v) is 11.2. The summed E-state index contributed by atoms with van der Waals surface area (Å²) in [4.78, 5) is 12.1. The first-order valence-corrected chi connectivity index (χ1v) is 6.50. The predicted molar refractivity (Wildman–Crippen MR) is 78.2 cm³/mol. The number of amides is 1. The quantitative estimate of drug-likeness (QED) is 0.741. The summed E-state index contributed by atoms with van der Waals surface area (Å²) < 4.78 is 40.2. The predicted octanol–water partition coefficient (Wildman–Crippen LogP) is 4.51. The van der Waals surface area contributed by atoms with Crippen molar-refractivity contribution in [3.05, 3.63) is 77.6 Å². The average Bonchev–Trinajstić information content (AvgIpc) is 2.46. The highest BCUT2D eigenvalue weighted by atomic mass is 19.1. The molecule has 0 heterocycles. The molecule has 0 aliphatic rings. The molecule has 0 aliphatic carbocycles. The van der Waals surface area contributed by atoms with E-state index in [1.54, 1.807) is 24.3 Å². The lowest BCUT2D eigenvalue weighted by Gasteiger charge is -2.10. The summed E-state index contributed by atoms with van der Waals surface area (Å²) >= 11 is 0. The topological polar surface area (TPSA) is 29.1 Å². The largest absolute Gasteiger partial charge is 0.321 e. The first kappa shape index (κ1) is 14.1. The lowest BCUT2D eigenvalue weighted by molar-refractivity contribution is 0.101. The molecule has 0 atom stereocenters. The molecule has 0 saturated heterocycles. The minimum atomic E-state index is -1.24. The van der Waals surface area contributed by atoms with Crippen LogP contribution < -0.4 is 5.32 Å². The van der Waals surface area contributed by atoms with E-state index in [9.17, 15) is 18.0 Å². The number of halogens is 3. The Morgan fingerprint density at radius 2 is 1.50 bits per heavy atom. The van der Waals surface area contributed by atoms with Gasteiger partial charge in [-0.3, -0.25) is 4.79 Å². The van der Waals surface area contributed by atoms with Crippen molar-refractivity contribution in [2.24, 2.45) is 0 Å². The van der Waals surface area contributed by atoms with Crippen LogP contribution >= 0.6 is 0 Å². The van der Waals surface area contributed by atoms with Gasteiger partial charge in [-0.1, -0.05) is 36.4 Å². The number of carbonyl (C=O) groups excluding carboxylic acids is 1. The molecular formula is C17H10F3NO. The normalized spacial score (nSPS) is 10.7. The molecule has 0 spiro atoms. The van der Waals surface area contributed by atoms with Crippen molar-refractivity contribution in [3.63, 3.8) is 0 Å². The maximum absolute atomic E-state index is 13.6. The van der Waals surface area contributed by atoms with E-state index in [0.29, 0.717) is 17.8 Å². The molecule has 0 radical (unpaired) electrons. The van der Waals surface area contributed by atoms with E-state index in [1.807, 2.05) is 18.2 Å². The van der Waals surface area contributed by atoms with Crippen LogP contribution in [0.25, 0.3) is 10.8 Å². The second kappa shape index (κ2) is 5.52. The van der Waals surface area contributed by atoms with Crippen molar-refractivity contribution in [3.8, 4) is 0 Å². The molecule has 0 aliphatic heterocycles. The third kappa shape index (κ3) is 2.53. The minimum absolute atomic E-state index is 0.422. The second-order valence-electron chi connectivity index (χ2n) is 4.73. The van der Waals surface area contributed by atoms with Gasteiger partial charge in [-0.2, -0.15) is 0 Å². The molecule has 3 aromatic carbocycles. The molecule has 1 amide bonds. The Morgan fingerprint density at radius 1 is 0.864 bits per heavy atom. The van der Waals surface area contributed by atoms with Crippen molar-refractivity contribution in [2.75, 3.05) is 5.32 Å². The summed E-state index contributed by atoms with van der Waals surface area (Å²) in [5.41, 5.74) is -0.388. The number of hydrogen-bond donors (Lipinski definition) is 1. The van der Waals surface area contributed by atoms with Crippen molar-refractivity contribution in [2.45, 2.75) is 0 Å². The van der Waals surface area contributed by atoms with E-state index in [4.69, 9.17) is 0 Å². The first-order chi connectivity index (χ1) is 10.6. The number of nitrogens with one attached hydrogen (secondary N) is 1. The van der Waals surface area contributed by atoms with E-state index in [0.717, 1.165) is 10.8 Å². The Labute approximate surface area is 124 Å². The lowest BCUT2D eigenvalue weighted by atomic mass is 10.1. The van der Waals surface area contributed by atoms with Gasteiger partial charge in [0.05, 0.1) is 0 Å². The number of anilines is 1. The van der Waals surface area contributed by atoms with Gasteiger partial charge in [0, 0.05) is 23.2 Å². The highest BCUT2D eigenvalue weighted by Crippen LogP contribution is 2.24. The van der Waals surface area contributed by atoms with Gasteiger partial charge >= 0.3 is 0 Å². The molecule has 0 bridgehead atoms. The van der Waals surface area contributed by atoms with Crippen LogP contribution in [-0.4, -0.2) is 5.91 Å². The van der Waals surface area contributed by atoms with E-state index in [1.165, 1.54) is 0 Å². The summed E-state index contributed by atoms with van der Waals surface area (Å²) in [7, 11) is 0. The minimum Gasteiger partial charge on any atom is -0.321 e. The van der Waals surface area contributed by atoms with Crippen LogP contribution in [0.2, 0.25) is 0 Å². The highest BCUT2D eigenvalue weighted by Gasteiger charge is 2.19. The van der Waals surface area contributed by atoms with Gasteiger partial charge in [-0.25, -0.2) is 13.2 Å². The average molecular weight is 301 g/mol. The molecule has 2 nitrogen and oxygen atoms in total. The number of carbonyl (C=O) groups is 1. The molecule has 3 aromatic rings. The standard InChI is InChI=1S/C17H10F3NO/c18-11-8-13(19)16(14(20)9-11)17(22)21-15-7-3-5-10-4-1-2-6-12(10)15/h1-9H,(H,21,22). The van der Waals surface area contributed by atoms with E-state index in [-0.39, 0.29) is 0 Å². The molecule has 22 heavy (non-hydrogen) atoms. The fraction of sp³-hybridized carbons (Fsp3) is 0. The highest BCUT2D eigenvalue weighted by molar-refractivity contribution is 6.09. The Bertz CT molecular complexity index is 848. The van der Waals surface area contributed by atoms with E-state index in [2.05, 4.69) is 5.32 Å². The third-order valence-electron chi connectivity index (χ3n) is 3.27. The van der Waals surface area contributed by atoms with Crippen LogP contribution in [0.15, 0.2) is 54.6 Å². The Morgan fingerprint density at radius 3 is 2.23 bits per heavy atom. The smallest absolute Gasteiger partial charge is 0.261 e. The number of hydrogen-bond acceptors (Lipinski definition) is 1. The van der Waals surface area contributed by atoms with Gasteiger partial charge in [-0.05, 0) is 11.5 Å². The van der Waals surface area contributed by atoms with Crippen molar-refractivity contribution in [1.29, 1.82) is 0 Å². The molecule has 110 valence electrons. The number of benzene rings is 3. The Balaban J connectivity index is 2.01. The van der Waals surface area contributed by atoms with Crippen LogP contribution in [0, 0.1) is 17.5 Å². The number of rotatable bonds is 2. The first-order valence-electron chi connectivity index (χ1n) is 6.50. The zero-order valence-electron chi connectivity index (χ0n) is 11.2. The van der Waals surface area contributed by atoms with Gasteiger partial charge < -0.3 is 5.32 Å². The Kier molecular flexibility index (Phi) is 3.55. The monoisotopic (exact) mass is 301 g/mol. The molecule has 0 unspecified atom stereocenters. The zero-order chi connectivity index (χ0) is 15.7. The molecule has 1 N–H and O–H groups in total. The van der Waals surface area contributed by atoms with Gasteiger partial charge in [0.15, 0.2) is 0 Å². The molecule has 5 heteroatoms. The second-order valence-corrected chi connectivity index (χ2v) is 4.73. The van der Waals surface area contributed by atoms with Crippen LogP contribution in [0.4, 0.5) is 18.9 Å². The van der Waals surface area contributed by atoms with Crippen LogP contribution in [-0.2, 0) is 0 Å². The third-order valence-corrected chi connectivity index (χ3v) is 3.27. The molecule has 3 rings (SSSR count). The molecule has 0 fully saturated rings. The summed E-state index contributed by atoms with van der Waals surface area (Å²) in [6.45, 7) is 0. The maximum atomic E-state index is 13.6. The summed E-state index contributed by atoms with van der Waals surface area (Å²) in [6.07, 6.45) is 0. The van der Waals surface area contributed by atoms with Crippen molar-refractivity contribution < 1.29 is 18.0 Å². The van der Waals surface area contributed by atoms with Crippen LogP contribution in [0.3, 0.4) is 0 Å². The molecule has 0 saturated carbocycles. The fourth-order valence-corrected chi connectivity index (χ4v) is 2.28. The lowest BCUT2D eigenvalue weighted by Crippen LogP contribution is -2.16. The fourth-order valence-electron chi connectivity index (χ4n) is 2.28. The summed E-state index contributed by atoms with van der Waals surface area (Å²) in [5, 5.41) is 4.07. The molecule has 0 aromatic heterocycles. The molecular weight excluding hydrogens is 291 g/mol. The van der Waals surface area contributed by atoms with Gasteiger partial charge in [-0.15, -0.1) is 0 Å².